The highest BCUT2D eigenvalue weighted by Gasteiger charge is 2.32. The summed E-state index contributed by atoms with van der Waals surface area (Å²) >= 11 is 0. The van der Waals surface area contributed by atoms with Gasteiger partial charge >= 0.3 is 0 Å². The number of halogens is 1. The Morgan fingerprint density at radius 3 is 2.94 bits per heavy atom. The van der Waals surface area contributed by atoms with Gasteiger partial charge in [0, 0.05) is 43.3 Å². The van der Waals surface area contributed by atoms with Crippen LogP contribution in [0.3, 0.4) is 0 Å². The van der Waals surface area contributed by atoms with Crippen molar-refractivity contribution in [2.45, 2.75) is 44.4 Å². The molecule has 2 saturated heterocycles. The van der Waals surface area contributed by atoms with Gasteiger partial charge in [-0.15, -0.1) is 10.2 Å². The van der Waals surface area contributed by atoms with Crippen LogP contribution in [0.25, 0.3) is 5.65 Å². The van der Waals surface area contributed by atoms with E-state index in [0.29, 0.717) is 38.2 Å². The fourth-order valence-electron chi connectivity index (χ4n) is 5.44. The third-order valence-corrected chi connectivity index (χ3v) is 7.44. The molecule has 1 unspecified atom stereocenters. The van der Waals surface area contributed by atoms with Crippen molar-refractivity contribution < 1.29 is 18.7 Å². The number of hydrogen-bond acceptors (Lipinski definition) is 6. The Hall–Kier alpha value is -3.07. The van der Waals surface area contributed by atoms with E-state index in [-0.39, 0.29) is 23.6 Å². The first-order valence-corrected chi connectivity index (χ1v) is 12.2. The van der Waals surface area contributed by atoms with E-state index in [1.807, 2.05) is 15.5 Å². The van der Waals surface area contributed by atoms with Crippen LogP contribution in [0.2, 0.25) is 0 Å². The zero-order chi connectivity index (χ0) is 23.1. The highest BCUT2D eigenvalue weighted by Crippen LogP contribution is 2.33. The van der Waals surface area contributed by atoms with Gasteiger partial charge in [-0.2, -0.15) is 0 Å². The average Bonchev–Trinajstić information content (AvgIpc) is 3.42. The molecule has 3 aliphatic rings. The summed E-state index contributed by atoms with van der Waals surface area (Å²) in [4.78, 5) is 19.4. The van der Waals surface area contributed by atoms with Crippen molar-refractivity contribution in [1.29, 1.82) is 0 Å². The van der Waals surface area contributed by atoms with Crippen molar-refractivity contribution in [2.24, 2.45) is 5.92 Å². The monoisotopic (exact) mass is 465 g/mol. The fourth-order valence-corrected chi connectivity index (χ4v) is 5.44. The van der Waals surface area contributed by atoms with Crippen LogP contribution in [0, 0.1) is 11.7 Å². The van der Waals surface area contributed by atoms with Gasteiger partial charge in [0.15, 0.2) is 5.65 Å². The van der Waals surface area contributed by atoms with E-state index >= 15 is 0 Å². The number of aromatic nitrogens is 4. The molecule has 0 saturated carbocycles. The molecule has 3 aromatic rings. The van der Waals surface area contributed by atoms with Crippen molar-refractivity contribution in [2.75, 3.05) is 32.9 Å². The van der Waals surface area contributed by atoms with Crippen LogP contribution >= 0.6 is 0 Å². The molecular formula is C25H28FN5O3. The second-order valence-corrected chi connectivity index (χ2v) is 9.44. The Morgan fingerprint density at radius 1 is 1.18 bits per heavy atom. The van der Waals surface area contributed by atoms with Crippen molar-refractivity contribution in [3.05, 3.63) is 53.0 Å². The lowest BCUT2D eigenvalue weighted by molar-refractivity contribution is -0.149. The molecule has 3 aliphatic heterocycles. The number of aryl methyl sites for hydroxylation is 1. The maximum atomic E-state index is 14.6. The Balaban J connectivity index is 1.20. The number of likely N-dealkylation sites (tertiary alicyclic amines) is 1. The largest absolute Gasteiger partial charge is 0.493 e. The zero-order valence-corrected chi connectivity index (χ0v) is 19.1. The van der Waals surface area contributed by atoms with E-state index in [9.17, 15) is 9.18 Å². The van der Waals surface area contributed by atoms with Gasteiger partial charge in [-0.3, -0.25) is 9.20 Å². The lowest BCUT2D eigenvalue weighted by Crippen LogP contribution is -2.45. The maximum Gasteiger partial charge on any atom is 0.230 e. The van der Waals surface area contributed by atoms with E-state index in [1.54, 1.807) is 12.4 Å². The van der Waals surface area contributed by atoms with Gasteiger partial charge in [-0.05, 0) is 49.3 Å². The second-order valence-electron chi connectivity index (χ2n) is 9.44. The summed E-state index contributed by atoms with van der Waals surface area (Å²) in [5, 5.41) is 8.56. The zero-order valence-electron chi connectivity index (χ0n) is 19.1. The molecule has 1 amide bonds. The third-order valence-electron chi connectivity index (χ3n) is 7.44. The Kier molecular flexibility index (Phi) is 5.64. The Bertz CT molecular complexity index is 1220. The molecule has 0 bridgehead atoms. The number of nitrogens with zero attached hydrogens (tertiary/aromatic N) is 5. The summed E-state index contributed by atoms with van der Waals surface area (Å²) in [6.45, 7) is 3.23. The van der Waals surface area contributed by atoms with Crippen molar-refractivity contribution in [3.63, 3.8) is 0 Å². The van der Waals surface area contributed by atoms with Gasteiger partial charge in [0.25, 0.3) is 0 Å². The number of benzene rings is 1. The van der Waals surface area contributed by atoms with E-state index in [2.05, 4.69) is 10.2 Å². The highest BCUT2D eigenvalue weighted by molar-refractivity contribution is 5.79. The summed E-state index contributed by atoms with van der Waals surface area (Å²) in [7, 11) is 0. The molecule has 5 heterocycles. The molecule has 178 valence electrons. The normalized spacial score (nSPS) is 20.6. The Labute approximate surface area is 197 Å². The number of rotatable bonds is 5. The van der Waals surface area contributed by atoms with Gasteiger partial charge in [0.2, 0.25) is 5.91 Å². The van der Waals surface area contributed by atoms with Crippen molar-refractivity contribution in [1.82, 2.24) is 24.5 Å². The summed E-state index contributed by atoms with van der Waals surface area (Å²) < 4.78 is 27.3. The average molecular weight is 466 g/mol. The molecule has 6 rings (SSSR count). The number of carbonyl (C=O) groups is 1. The van der Waals surface area contributed by atoms with Crippen LogP contribution in [0.5, 0.6) is 5.75 Å². The smallest absolute Gasteiger partial charge is 0.230 e. The molecule has 8 nitrogen and oxygen atoms in total. The van der Waals surface area contributed by atoms with E-state index in [0.717, 1.165) is 67.1 Å². The molecular weight excluding hydrogens is 437 g/mol. The SMILES string of the molecule is O=C(C1COC1)N1CCCC(c2cnc(CCc3c(F)ccc4c3CCO4)n3cnnc23)CC1. The summed E-state index contributed by atoms with van der Waals surface area (Å²) in [6.07, 6.45) is 8.29. The molecule has 0 aliphatic carbocycles. The summed E-state index contributed by atoms with van der Waals surface area (Å²) in [5.74, 6) is 1.94. The predicted molar refractivity (Wildman–Crippen MR) is 121 cm³/mol. The maximum absolute atomic E-state index is 14.6. The van der Waals surface area contributed by atoms with Gasteiger partial charge in [-0.25, -0.2) is 9.37 Å². The predicted octanol–water partition coefficient (Wildman–Crippen LogP) is 2.73. The molecule has 1 atom stereocenters. The molecule has 34 heavy (non-hydrogen) atoms. The van der Waals surface area contributed by atoms with Crippen LogP contribution in [0.4, 0.5) is 4.39 Å². The summed E-state index contributed by atoms with van der Waals surface area (Å²) in [6, 6.07) is 3.20. The molecule has 2 aromatic heterocycles. The minimum absolute atomic E-state index is 0.0305. The Morgan fingerprint density at radius 2 is 2.09 bits per heavy atom. The highest BCUT2D eigenvalue weighted by atomic mass is 19.1. The topological polar surface area (TPSA) is 81.8 Å². The first kappa shape index (κ1) is 21.5. The number of amides is 1. The quantitative estimate of drug-likeness (QED) is 0.576. The van der Waals surface area contributed by atoms with E-state index in [4.69, 9.17) is 14.5 Å². The van der Waals surface area contributed by atoms with Crippen molar-refractivity contribution in [3.8, 4) is 5.75 Å². The standard InChI is InChI=1S/C25H28FN5O3/c26-21-4-5-22-19(8-11-34-22)18(21)3-6-23-27-12-20(24-29-28-15-31(23)24)16-2-1-9-30(10-7-16)25(32)17-13-33-14-17/h4-5,12,15-17H,1-3,6-11,13-14H2. The van der Waals surface area contributed by atoms with Crippen LogP contribution in [-0.4, -0.2) is 63.3 Å². The lowest BCUT2D eigenvalue weighted by atomic mass is 9.93. The van der Waals surface area contributed by atoms with Crippen LogP contribution in [0.1, 0.15) is 47.7 Å². The number of ether oxygens (including phenoxy) is 2. The summed E-state index contributed by atoms with van der Waals surface area (Å²) in [5.41, 5.74) is 3.57. The number of fused-ring (bicyclic) bond motifs is 2. The molecule has 0 radical (unpaired) electrons. The van der Waals surface area contributed by atoms with Crippen molar-refractivity contribution >= 4 is 11.6 Å². The number of hydrogen-bond donors (Lipinski definition) is 0. The van der Waals surface area contributed by atoms with E-state index < -0.39 is 0 Å². The van der Waals surface area contributed by atoms with Gasteiger partial charge < -0.3 is 14.4 Å². The van der Waals surface area contributed by atoms with Crippen LogP contribution in [0.15, 0.2) is 24.7 Å². The minimum atomic E-state index is -0.188. The van der Waals surface area contributed by atoms with Gasteiger partial charge in [0.1, 0.15) is 23.7 Å². The molecule has 1 aromatic carbocycles. The first-order chi connectivity index (χ1) is 16.7. The third kappa shape index (κ3) is 3.81. The first-order valence-electron chi connectivity index (χ1n) is 12.2. The van der Waals surface area contributed by atoms with Crippen LogP contribution < -0.4 is 4.74 Å². The van der Waals surface area contributed by atoms with E-state index in [1.165, 1.54) is 6.07 Å². The molecule has 9 heteroatoms. The minimum Gasteiger partial charge on any atom is -0.493 e. The number of carbonyl (C=O) groups excluding carboxylic acids is 1. The van der Waals surface area contributed by atoms with Crippen LogP contribution in [-0.2, 0) is 28.8 Å². The molecule has 0 N–H and O–H groups in total. The molecule has 0 spiro atoms. The van der Waals surface area contributed by atoms with Gasteiger partial charge in [-0.1, -0.05) is 0 Å². The molecule has 2 fully saturated rings. The lowest BCUT2D eigenvalue weighted by Gasteiger charge is -2.31. The second kappa shape index (κ2) is 8.94. The van der Waals surface area contributed by atoms with Gasteiger partial charge in [0.05, 0.1) is 25.7 Å². The fraction of sp³-hybridized carbons (Fsp3) is 0.520.